The maximum atomic E-state index is 12.4. The highest BCUT2D eigenvalue weighted by molar-refractivity contribution is 5.82. The standard InChI is InChI=1S/C38H45NO6/c1-38(2,3)44-37(40)45-39-22-21-35(36(26-39)43-28-30-15-16-31-13-7-8-14-33(31)25-30)32-17-19-34(20-18-32)42-24-10-9-23-41-27-29-11-5-4-6-12-29/h4-8,11-20,25,35-36H,9-10,21-24,26-28H2,1-3H3. The zero-order valence-corrected chi connectivity index (χ0v) is 26.7. The molecule has 0 N–H and O–H groups in total. The number of piperidine rings is 1. The van der Waals surface area contributed by atoms with E-state index >= 15 is 0 Å². The number of benzene rings is 4. The van der Waals surface area contributed by atoms with Gasteiger partial charge in [-0.2, -0.15) is 0 Å². The van der Waals surface area contributed by atoms with E-state index in [1.807, 2.05) is 63.2 Å². The van der Waals surface area contributed by atoms with Crippen LogP contribution in [0.3, 0.4) is 0 Å². The van der Waals surface area contributed by atoms with Crippen LogP contribution < -0.4 is 4.74 Å². The fraction of sp³-hybridized carbons (Fsp3) is 0.395. The first-order valence-corrected chi connectivity index (χ1v) is 15.9. The number of unbranched alkanes of at least 4 members (excludes halogenated alkanes) is 1. The van der Waals surface area contributed by atoms with Gasteiger partial charge in [0.05, 0.1) is 32.5 Å². The van der Waals surface area contributed by atoms with E-state index in [0.717, 1.165) is 30.6 Å². The molecular weight excluding hydrogens is 566 g/mol. The Morgan fingerprint density at radius 1 is 0.800 bits per heavy atom. The van der Waals surface area contributed by atoms with Crippen molar-refractivity contribution >= 4 is 16.9 Å². The number of hydroxylamine groups is 2. The van der Waals surface area contributed by atoms with Crippen molar-refractivity contribution < 1.29 is 28.6 Å². The van der Waals surface area contributed by atoms with Gasteiger partial charge in [0, 0.05) is 19.1 Å². The summed E-state index contributed by atoms with van der Waals surface area (Å²) < 4.78 is 23.7. The molecule has 2 unspecified atom stereocenters. The SMILES string of the molecule is CC(C)(C)OC(=O)ON1CCC(c2ccc(OCCCCOCc3ccccc3)cc2)C(OCc2ccc3ccccc3c2)C1. The molecule has 0 amide bonds. The fourth-order valence-corrected chi connectivity index (χ4v) is 5.50. The maximum Gasteiger partial charge on any atom is 0.528 e. The molecule has 0 radical (unpaired) electrons. The van der Waals surface area contributed by atoms with Gasteiger partial charge in [0.25, 0.3) is 0 Å². The smallest absolute Gasteiger partial charge is 0.494 e. The van der Waals surface area contributed by atoms with Crippen molar-refractivity contribution in [1.82, 2.24) is 5.06 Å². The molecule has 45 heavy (non-hydrogen) atoms. The second-order valence-corrected chi connectivity index (χ2v) is 12.5. The van der Waals surface area contributed by atoms with Gasteiger partial charge in [-0.3, -0.25) is 0 Å². The lowest BCUT2D eigenvalue weighted by molar-refractivity contribution is -0.179. The molecule has 4 aromatic carbocycles. The minimum Gasteiger partial charge on any atom is -0.494 e. The Labute approximate surface area is 267 Å². The molecule has 1 saturated heterocycles. The molecule has 0 aliphatic carbocycles. The van der Waals surface area contributed by atoms with E-state index in [1.165, 1.54) is 21.9 Å². The van der Waals surface area contributed by atoms with Crippen molar-refractivity contribution in [1.29, 1.82) is 0 Å². The molecule has 0 spiro atoms. The molecule has 1 aliphatic heterocycles. The van der Waals surface area contributed by atoms with Crippen LogP contribution in [0.2, 0.25) is 0 Å². The number of fused-ring (bicyclic) bond motifs is 1. The zero-order valence-electron chi connectivity index (χ0n) is 26.7. The van der Waals surface area contributed by atoms with Gasteiger partial charge in [-0.15, -0.1) is 5.06 Å². The predicted octanol–water partition coefficient (Wildman–Crippen LogP) is 8.46. The van der Waals surface area contributed by atoms with Crippen LogP contribution in [-0.2, 0) is 32.3 Å². The molecule has 1 fully saturated rings. The lowest BCUT2D eigenvalue weighted by Crippen LogP contribution is -2.45. The third-order valence-corrected chi connectivity index (χ3v) is 7.76. The largest absolute Gasteiger partial charge is 0.528 e. The van der Waals surface area contributed by atoms with Gasteiger partial charge >= 0.3 is 6.16 Å². The van der Waals surface area contributed by atoms with Gasteiger partial charge in [0.2, 0.25) is 0 Å². The van der Waals surface area contributed by atoms with Crippen LogP contribution in [0.4, 0.5) is 4.79 Å². The quantitative estimate of drug-likeness (QED) is 0.111. The first-order valence-electron chi connectivity index (χ1n) is 15.9. The molecule has 1 aliphatic rings. The predicted molar refractivity (Wildman–Crippen MR) is 176 cm³/mol. The van der Waals surface area contributed by atoms with Gasteiger partial charge in [-0.05, 0) is 85.7 Å². The third kappa shape index (κ3) is 10.3. The van der Waals surface area contributed by atoms with Gasteiger partial charge in [0.15, 0.2) is 0 Å². The van der Waals surface area contributed by atoms with E-state index in [9.17, 15) is 4.79 Å². The van der Waals surface area contributed by atoms with Crippen LogP contribution >= 0.6 is 0 Å². The Hall–Kier alpha value is -3.91. The summed E-state index contributed by atoms with van der Waals surface area (Å²) >= 11 is 0. The molecule has 1 heterocycles. The number of ether oxygens (including phenoxy) is 4. The van der Waals surface area contributed by atoms with E-state index in [2.05, 4.69) is 54.6 Å². The van der Waals surface area contributed by atoms with E-state index < -0.39 is 11.8 Å². The summed E-state index contributed by atoms with van der Waals surface area (Å²) in [6, 6.07) is 33.3. The summed E-state index contributed by atoms with van der Waals surface area (Å²) in [5, 5.41) is 4.05. The molecule has 0 saturated carbocycles. The van der Waals surface area contributed by atoms with E-state index in [4.69, 9.17) is 23.8 Å². The van der Waals surface area contributed by atoms with Crippen LogP contribution in [0, 0.1) is 0 Å². The van der Waals surface area contributed by atoms with E-state index in [-0.39, 0.29) is 12.0 Å². The maximum absolute atomic E-state index is 12.4. The molecule has 4 aromatic rings. The van der Waals surface area contributed by atoms with Gasteiger partial charge in [-0.25, -0.2) is 4.79 Å². The van der Waals surface area contributed by atoms with Crippen LogP contribution in [0.5, 0.6) is 5.75 Å². The lowest BCUT2D eigenvalue weighted by Gasteiger charge is -2.37. The summed E-state index contributed by atoms with van der Waals surface area (Å²) in [5.74, 6) is 0.989. The van der Waals surface area contributed by atoms with Crippen molar-refractivity contribution in [3.8, 4) is 5.75 Å². The topological polar surface area (TPSA) is 66.5 Å². The number of carbonyl (C=O) groups excluding carboxylic acids is 1. The van der Waals surface area contributed by atoms with Crippen molar-refractivity contribution in [2.75, 3.05) is 26.3 Å². The average molecular weight is 612 g/mol. The fourth-order valence-electron chi connectivity index (χ4n) is 5.50. The molecule has 7 heteroatoms. The Kier molecular flexibility index (Phi) is 11.5. The van der Waals surface area contributed by atoms with Gasteiger partial charge < -0.3 is 23.8 Å². The summed E-state index contributed by atoms with van der Waals surface area (Å²) in [4.78, 5) is 18.0. The van der Waals surface area contributed by atoms with Crippen LogP contribution in [0.15, 0.2) is 97.1 Å². The molecule has 0 aromatic heterocycles. The number of hydrogen-bond donors (Lipinski definition) is 0. The number of carbonyl (C=O) groups is 1. The Bertz CT molecular complexity index is 1480. The minimum absolute atomic E-state index is 0.139. The third-order valence-electron chi connectivity index (χ3n) is 7.76. The Balaban J connectivity index is 1.15. The highest BCUT2D eigenvalue weighted by Gasteiger charge is 2.34. The summed E-state index contributed by atoms with van der Waals surface area (Å²) in [6.45, 7) is 8.97. The monoisotopic (exact) mass is 611 g/mol. The van der Waals surface area contributed by atoms with Crippen molar-refractivity contribution in [3.05, 3.63) is 114 Å². The minimum atomic E-state index is -0.696. The summed E-state index contributed by atoms with van der Waals surface area (Å²) in [5.41, 5.74) is 2.85. The van der Waals surface area contributed by atoms with Gasteiger partial charge in [-0.1, -0.05) is 78.9 Å². The first kappa shape index (κ1) is 32.5. The van der Waals surface area contributed by atoms with Crippen molar-refractivity contribution in [3.63, 3.8) is 0 Å². The summed E-state index contributed by atoms with van der Waals surface area (Å²) in [6.07, 6.45) is 1.77. The highest BCUT2D eigenvalue weighted by Crippen LogP contribution is 2.33. The number of rotatable bonds is 13. The van der Waals surface area contributed by atoms with Crippen molar-refractivity contribution in [2.24, 2.45) is 0 Å². The molecule has 238 valence electrons. The number of nitrogens with zero attached hydrogens (tertiary/aromatic N) is 1. The van der Waals surface area contributed by atoms with Crippen LogP contribution in [0.25, 0.3) is 10.8 Å². The average Bonchev–Trinajstić information content (AvgIpc) is 3.03. The Morgan fingerprint density at radius 2 is 1.53 bits per heavy atom. The molecule has 7 nitrogen and oxygen atoms in total. The second-order valence-electron chi connectivity index (χ2n) is 12.5. The normalized spacial score (nSPS) is 17.2. The molecule has 0 bridgehead atoms. The first-order chi connectivity index (χ1) is 21.8. The Morgan fingerprint density at radius 3 is 2.31 bits per heavy atom. The molecular formula is C38H45NO6. The number of hydrogen-bond acceptors (Lipinski definition) is 7. The second kappa shape index (κ2) is 15.9. The van der Waals surface area contributed by atoms with Crippen LogP contribution in [0.1, 0.15) is 62.6 Å². The van der Waals surface area contributed by atoms with E-state index in [0.29, 0.717) is 39.5 Å². The van der Waals surface area contributed by atoms with E-state index in [1.54, 1.807) is 5.06 Å². The molecule has 5 rings (SSSR count). The van der Waals surface area contributed by atoms with Crippen molar-refractivity contribution in [2.45, 2.75) is 70.9 Å². The van der Waals surface area contributed by atoms with Gasteiger partial charge in [0.1, 0.15) is 11.4 Å². The van der Waals surface area contributed by atoms with Crippen LogP contribution in [-0.4, -0.2) is 49.2 Å². The highest BCUT2D eigenvalue weighted by atomic mass is 16.8. The lowest BCUT2D eigenvalue weighted by atomic mass is 9.87. The molecule has 2 atom stereocenters. The summed E-state index contributed by atoms with van der Waals surface area (Å²) in [7, 11) is 0. The zero-order chi connectivity index (χ0) is 31.5.